The molecule has 0 amide bonds. The van der Waals surface area contributed by atoms with Crippen molar-refractivity contribution in [2.24, 2.45) is 17.2 Å². The highest BCUT2D eigenvalue weighted by Crippen LogP contribution is 2.08. The van der Waals surface area contributed by atoms with Crippen molar-refractivity contribution in [3.05, 3.63) is 0 Å². The maximum Gasteiger partial charge on any atom is 0.126 e. The standard InChI is InChI=1S/C8H20N4/c1-2-3-4-5-6-8(11,12)7(9)10/h2-6,11-12H2,1H3,(H3,9,10). The summed E-state index contributed by atoms with van der Waals surface area (Å²) in [5, 5.41) is 7.11. The molecule has 4 heteroatoms. The molecule has 0 saturated carbocycles. The maximum absolute atomic E-state index is 7.11. The minimum absolute atomic E-state index is 0.126. The van der Waals surface area contributed by atoms with Gasteiger partial charge in [-0.15, -0.1) is 0 Å². The lowest BCUT2D eigenvalue weighted by Crippen LogP contribution is -2.59. The van der Waals surface area contributed by atoms with Gasteiger partial charge < -0.3 is 17.2 Å². The van der Waals surface area contributed by atoms with E-state index in [0.29, 0.717) is 6.42 Å². The minimum atomic E-state index is -1.09. The highest BCUT2D eigenvalue weighted by atomic mass is 15.0. The van der Waals surface area contributed by atoms with Gasteiger partial charge in [0, 0.05) is 0 Å². The van der Waals surface area contributed by atoms with E-state index in [1.807, 2.05) is 0 Å². The molecule has 0 aromatic carbocycles. The second kappa shape index (κ2) is 5.11. The first-order valence-electron chi connectivity index (χ1n) is 4.43. The van der Waals surface area contributed by atoms with Crippen LogP contribution in [0.3, 0.4) is 0 Å². The van der Waals surface area contributed by atoms with Crippen LogP contribution in [-0.2, 0) is 0 Å². The van der Waals surface area contributed by atoms with Crippen molar-refractivity contribution in [2.45, 2.75) is 44.7 Å². The topological polar surface area (TPSA) is 102 Å². The summed E-state index contributed by atoms with van der Waals surface area (Å²) in [6, 6.07) is 0. The Kier molecular flexibility index (Phi) is 4.85. The lowest BCUT2D eigenvalue weighted by Gasteiger charge is -2.22. The van der Waals surface area contributed by atoms with Crippen LogP contribution in [0.1, 0.15) is 39.0 Å². The summed E-state index contributed by atoms with van der Waals surface area (Å²) >= 11 is 0. The van der Waals surface area contributed by atoms with E-state index in [-0.39, 0.29) is 5.84 Å². The van der Waals surface area contributed by atoms with Gasteiger partial charge in [0.1, 0.15) is 11.5 Å². The van der Waals surface area contributed by atoms with Gasteiger partial charge in [0.15, 0.2) is 0 Å². The Balaban J connectivity index is 3.54. The quantitative estimate of drug-likeness (QED) is 0.203. The van der Waals surface area contributed by atoms with E-state index in [1.54, 1.807) is 0 Å². The number of hydrogen-bond donors (Lipinski definition) is 4. The summed E-state index contributed by atoms with van der Waals surface area (Å²) in [5.41, 5.74) is 15.3. The number of hydrogen-bond acceptors (Lipinski definition) is 3. The van der Waals surface area contributed by atoms with Crippen molar-refractivity contribution in [3.8, 4) is 0 Å². The summed E-state index contributed by atoms with van der Waals surface area (Å²) in [7, 11) is 0. The molecule has 0 saturated heterocycles. The molecule has 7 N–H and O–H groups in total. The van der Waals surface area contributed by atoms with E-state index in [0.717, 1.165) is 12.8 Å². The molecule has 0 heterocycles. The number of nitrogens with two attached hydrogens (primary N) is 3. The fourth-order valence-electron chi connectivity index (χ4n) is 0.979. The van der Waals surface area contributed by atoms with Crippen LogP contribution >= 0.6 is 0 Å². The number of amidine groups is 1. The molecule has 4 nitrogen and oxygen atoms in total. The first kappa shape index (κ1) is 11.4. The third kappa shape index (κ3) is 4.31. The molecule has 0 spiro atoms. The second-order valence-corrected chi connectivity index (χ2v) is 3.26. The SMILES string of the molecule is CCCCCCC(N)(N)C(=N)N. The van der Waals surface area contributed by atoms with Gasteiger partial charge in [0.2, 0.25) is 0 Å². The van der Waals surface area contributed by atoms with Crippen LogP contribution in [0.2, 0.25) is 0 Å². The number of nitrogens with one attached hydrogen (secondary N) is 1. The van der Waals surface area contributed by atoms with Crippen molar-refractivity contribution in [3.63, 3.8) is 0 Å². The average Bonchev–Trinajstić information content (AvgIpc) is 1.98. The van der Waals surface area contributed by atoms with Crippen LogP contribution in [0.5, 0.6) is 0 Å². The Labute approximate surface area is 74.0 Å². The molecule has 12 heavy (non-hydrogen) atoms. The van der Waals surface area contributed by atoms with Gasteiger partial charge >= 0.3 is 0 Å². The summed E-state index contributed by atoms with van der Waals surface area (Å²) in [4.78, 5) is 0. The molecule has 0 unspecified atom stereocenters. The van der Waals surface area contributed by atoms with E-state index in [2.05, 4.69) is 6.92 Å². The molecular weight excluding hydrogens is 152 g/mol. The molecule has 0 aliphatic heterocycles. The average molecular weight is 172 g/mol. The monoisotopic (exact) mass is 172 g/mol. The summed E-state index contributed by atoms with van der Waals surface area (Å²) < 4.78 is 0. The van der Waals surface area contributed by atoms with Crippen molar-refractivity contribution in [2.75, 3.05) is 0 Å². The van der Waals surface area contributed by atoms with Crippen molar-refractivity contribution < 1.29 is 0 Å². The molecule has 0 aliphatic carbocycles. The van der Waals surface area contributed by atoms with E-state index in [1.165, 1.54) is 12.8 Å². The van der Waals surface area contributed by atoms with Gasteiger partial charge in [0.05, 0.1) is 0 Å². The predicted octanol–water partition coefficient (Wildman–Crippen LogP) is 0.506. The third-order valence-electron chi connectivity index (χ3n) is 1.95. The fraction of sp³-hybridized carbons (Fsp3) is 0.875. The molecule has 0 aliphatic rings. The molecule has 0 bridgehead atoms. The summed E-state index contributed by atoms with van der Waals surface area (Å²) in [6.45, 7) is 2.14. The van der Waals surface area contributed by atoms with Gasteiger partial charge in [-0.1, -0.05) is 26.2 Å². The minimum Gasteiger partial charge on any atom is -0.385 e. The normalized spacial score (nSPS) is 11.6. The van der Waals surface area contributed by atoms with Crippen molar-refractivity contribution in [1.82, 2.24) is 0 Å². The Bertz CT molecular complexity index is 142. The van der Waals surface area contributed by atoms with E-state index in [9.17, 15) is 0 Å². The Morgan fingerprint density at radius 2 is 1.83 bits per heavy atom. The Hall–Kier alpha value is -0.610. The molecule has 0 rings (SSSR count). The van der Waals surface area contributed by atoms with E-state index >= 15 is 0 Å². The first-order chi connectivity index (χ1) is 5.50. The largest absolute Gasteiger partial charge is 0.385 e. The van der Waals surface area contributed by atoms with Crippen LogP contribution in [0.25, 0.3) is 0 Å². The lowest BCUT2D eigenvalue weighted by molar-refractivity contribution is 0.490. The number of rotatable bonds is 6. The first-order valence-corrected chi connectivity index (χ1v) is 4.43. The molecule has 0 radical (unpaired) electrons. The zero-order valence-electron chi connectivity index (χ0n) is 7.77. The van der Waals surface area contributed by atoms with Crippen LogP contribution < -0.4 is 17.2 Å². The Morgan fingerprint density at radius 1 is 1.25 bits per heavy atom. The van der Waals surface area contributed by atoms with Gasteiger partial charge in [-0.3, -0.25) is 5.41 Å². The zero-order chi connectivity index (χ0) is 9.61. The summed E-state index contributed by atoms with van der Waals surface area (Å²) in [5.74, 6) is -0.126. The van der Waals surface area contributed by atoms with Crippen molar-refractivity contribution in [1.29, 1.82) is 5.41 Å². The number of unbranched alkanes of at least 4 members (excludes halogenated alkanes) is 3. The van der Waals surface area contributed by atoms with Gasteiger partial charge in [-0.2, -0.15) is 0 Å². The van der Waals surface area contributed by atoms with Gasteiger partial charge in [0.25, 0.3) is 0 Å². The predicted molar refractivity (Wildman–Crippen MR) is 51.8 cm³/mol. The zero-order valence-corrected chi connectivity index (χ0v) is 7.77. The summed E-state index contributed by atoms with van der Waals surface area (Å²) in [6.07, 6.45) is 5.03. The Morgan fingerprint density at radius 3 is 2.25 bits per heavy atom. The maximum atomic E-state index is 7.11. The molecule has 0 aromatic heterocycles. The van der Waals surface area contributed by atoms with Crippen LogP contribution in [0, 0.1) is 5.41 Å². The third-order valence-corrected chi connectivity index (χ3v) is 1.95. The highest BCUT2D eigenvalue weighted by Gasteiger charge is 2.21. The van der Waals surface area contributed by atoms with E-state index < -0.39 is 5.66 Å². The van der Waals surface area contributed by atoms with Crippen LogP contribution in [0.4, 0.5) is 0 Å². The molecule has 72 valence electrons. The van der Waals surface area contributed by atoms with Crippen molar-refractivity contribution >= 4 is 5.84 Å². The van der Waals surface area contributed by atoms with Gasteiger partial charge in [-0.25, -0.2) is 0 Å². The molecule has 0 aromatic rings. The molecule has 0 atom stereocenters. The lowest BCUT2D eigenvalue weighted by atomic mass is 10.0. The van der Waals surface area contributed by atoms with E-state index in [4.69, 9.17) is 22.6 Å². The fourth-order valence-corrected chi connectivity index (χ4v) is 0.979. The molecule has 0 fully saturated rings. The van der Waals surface area contributed by atoms with Crippen LogP contribution in [-0.4, -0.2) is 11.5 Å². The van der Waals surface area contributed by atoms with Crippen LogP contribution in [0.15, 0.2) is 0 Å². The van der Waals surface area contributed by atoms with Gasteiger partial charge in [-0.05, 0) is 12.8 Å². The molecular formula is C8H20N4. The highest BCUT2D eigenvalue weighted by molar-refractivity contribution is 5.86. The smallest absolute Gasteiger partial charge is 0.126 e. The second-order valence-electron chi connectivity index (χ2n) is 3.26.